The number of nitrogens with one attached hydrogen (secondary N) is 2. The Morgan fingerprint density at radius 2 is 1.87 bits per heavy atom. The molecular formula is C17H16ClN3O2. The Kier molecular flexibility index (Phi) is 4.32. The van der Waals surface area contributed by atoms with Crippen molar-refractivity contribution in [1.82, 2.24) is 5.43 Å². The SMILES string of the molecule is Cc1ccc(NN[C@@H]2CC(=O)N(c3cccc(Cl)c3)C2=O)cc1. The number of rotatable bonds is 4. The highest BCUT2D eigenvalue weighted by Gasteiger charge is 2.39. The fourth-order valence-corrected chi connectivity index (χ4v) is 2.62. The molecule has 1 atom stereocenters. The smallest absolute Gasteiger partial charge is 0.253 e. The highest BCUT2D eigenvalue weighted by Crippen LogP contribution is 2.25. The van der Waals surface area contributed by atoms with Gasteiger partial charge in [0, 0.05) is 10.7 Å². The molecule has 5 nitrogen and oxygen atoms in total. The molecule has 0 spiro atoms. The second-order valence-corrected chi connectivity index (χ2v) is 5.88. The van der Waals surface area contributed by atoms with Crippen LogP contribution < -0.4 is 15.8 Å². The number of carbonyl (C=O) groups is 2. The number of amides is 2. The molecule has 0 radical (unpaired) electrons. The summed E-state index contributed by atoms with van der Waals surface area (Å²) in [6.07, 6.45) is 0.101. The van der Waals surface area contributed by atoms with Crippen molar-refractivity contribution in [2.45, 2.75) is 19.4 Å². The van der Waals surface area contributed by atoms with Crippen LogP contribution in [0.15, 0.2) is 48.5 Å². The van der Waals surface area contributed by atoms with Crippen LogP contribution in [0, 0.1) is 6.92 Å². The molecule has 0 unspecified atom stereocenters. The first-order valence-corrected chi connectivity index (χ1v) is 7.63. The largest absolute Gasteiger partial charge is 0.321 e. The van der Waals surface area contributed by atoms with Gasteiger partial charge in [-0.2, -0.15) is 0 Å². The standard InChI is InChI=1S/C17H16ClN3O2/c1-11-5-7-13(8-6-11)19-20-15-10-16(22)21(17(15)23)14-4-2-3-12(18)9-14/h2-9,15,19-20H,10H2,1H3/t15-/m1/s1. The van der Waals surface area contributed by atoms with Gasteiger partial charge in [0.2, 0.25) is 5.91 Å². The molecule has 0 bridgehead atoms. The molecule has 1 saturated heterocycles. The minimum absolute atomic E-state index is 0.101. The van der Waals surface area contributed by atoms with Crippen molar-refractivity contribution in [3.8, 4) is 0 Å². The molecule has 0 saturated carbocycles. The molecular weight excluding hydrogens is 314 g/mol. The average Bonchev–Trinajstić information content (AvgIpc) is 2.81. The molecule has 3 rings (SSSR count). The third-order valence-electron chi connectivity index (χ3n) is 3.66. The summed E-state index contributed by atoms with van der Waals surface area (Å²) in [4.78, 5) is 25.8. The van der Waals surface area contributed by atoms with Crippen molar-refractivity contribution in [1.29, 1.82) is 0 Å². The first kappa shape index (κ1) is 15.5. The zero-order chi connectivity index (χ0) is 16.4. The van der Waals surface area contributed by atoms with Gasteiger partial charge in [0.1, 0.15) is 6.04 Å². The van der Waals surface area contributed by atoms with E-state index in [0.717, 1.165) is 11.3 Å². The van der Waals surface area contributed by atoms with Crippen molar-refractivity contribution >= 4 is 34.8 Å². The number of hydrogen-bond acceptors (Lipinski definition) is 4. The lowest BCUT2D eigenvalue weighted by Crippen LogP contribution is -2.41. The van der Waals surface area contributed by atoms with Crippen molar-refractivity contribution in [2.75, 3.05) is 10.3 Å². The van der Waals surface area contributed by atoms with Crippen LogP contribution >= 0.6 is 11.6 Å². The maximum absolute atomic E-state index is 12.5. The summed E-state index contributed by atoms with van der Waals surface area (Å²) in [5.41, 5.74) is 8.36. The van der Waals surface area contributed by atoms with E-state index >= 15 is 0 Å². The lowest BCUT2D eigenvalue weighted by molar-refractivity contribution is -0.121. The number of hydrogen-bond donors (Lipinski definition) is 2. The Balaban J connectivity index is 1.70. The molecule has 2 aromatic carbocycles. The highest BCUT2D eigenvalue weighted by atomic mass is 35.5. The van der Waals surface area contributed by atoms with Crippen LogP contribution in [0.2, 0.25) is 5.02 Å². The molecule has 2 N–H and O–H groups in total. The number of hydrazine groups is 1. The molecule has 118 valence electrons. The van der Waals surface area contributed by atoms with E-state index in [1.54, 1.807) is 24.3 Å². The Labute approximate surface area is 139 Å². The molecule has 1 aliphatic heterocycles. The number of halogens is 1. The number of carbonyl (C=O) groups excluding carboxylic acids is 2. The van der Waals surface area contributed by atoms with Crippen LogP contribution in [0.4, 0.5) is 11.4 Å². The Morgan fingerprint density at radius 3 is 2.57 bits per heavy atom. The van der Waals surface area contributed by atoms with Crippen molar-refractivity contribution in [3.05, 3.63) is 59.1 Å². The number of nitrogens with zero attached hydrogens (tertiary/aromatic N) is 1. The van der Waals surface area contributed by atoms with E-state index in [1.807, 2.05) is 31.2 Å². The Morgan fingerprint density at radius 1 is 1.13 bits per heavy atom. The maximum Gasteiger partial charge on any atom is 0.253 e. The van der Waals surface area contributed by atoms with Crippen molar-refractivity contribution < 1.29 is 9.59 Å². The minimum atomic E-state index is -0.609. The molecule has 1 aliphatic rings. The van der Waals surface area contributed by atoms with Gasteiger partial charge >= 0.3 is 0 Å². The van der Waals surface area contributed by atoms with Gasteiger partial charge < -0.3 is 5.43 Å². The van der Waals surface area contributed by atoms with Crippen molar-refractivity contribution in [2.24, 2.45) is 0 Å². The highest BCUT2D eigenvalue weighted by molar-refractivity contribution is 6.31. The maximum atomic E-state index is 12.5. The second kappa shape index (κ2) is 6.40. The summed E-state index contributed by atoms with van der Waals surface area (Å²) in [6, 6.07) is 13.8. The van der Waals surface area contributed by atoms with Gasteiger partial charge in [0.25, 0.3) is 5.91 Å². The van der Waals surface area contributed by atoms with E-state index in [9.17, 15) is 9.59 Å². The predicted octanol–water partition coefficient (Wildman–Crippen LogP) is 2.90. The third-order valence-corrected chi connectivity index (χ3v) is 3.89. The number of aryl methyl sites for hydroxylation is 1. The van der Waals surface area contributed by atoms with Crippen molar-refractivity contribution in [3.63, 3.8) is 0 Å². The van der Waals surface area contributed by atoms with Crippen LogP contribution in [0.25, 0.3) is 0 Å². The molecule has 0 aromatic heterocycles. The summed E-state index contributed by atoms with van der Waals surface area (Å²) in [7, 11) is 0. The fraction of sp³-hybridized carbons (Fsp3) is 0.176. The average molecular weight is 330 g/mol. The van der Waals surface area contributed by atoms with Crippen LogP contribution in [0.1, 0.15) is 12.0 Å². The normalized spacial score (nSPS) is 17.7. The topological polar surface area (TPSA) is 61.4 Å². The van der Waals surface area contributed by atoms with E-state index < -0.39 is 6.04 Å². The summed E-state index contributed by atoms with van der Waals surface area (Å²) >= 11 is 5.93. The van der Waals surface area contributed by atoms with Crippen LogP contribution in [-0.4, -0.2) is 17.9 Å². The minimum Gasteiger partial charge on any atom is -0.321 e. The zero-order valence-corrected chi connectivity index (χ0v) is 13.3. The van der Waals surface area contributed by atoms with E-state index in [2.05, 4.69) is 10.9 Å². The first-order chi connectivity index (χ1) is 11.0. The molecule has 1 heterocycles. The molecule has 1 fully saturated rings. The molecule has 2 amide bonds. The summed E-state index contributed by atoms with van der Waals surface area (Å²) < 4.78 is 0. The van der Waals surface area contributed by atoms with E-state index in [1.165, 1.54) is 4.90 Å². The van der Waals surface area contributed by atoms with Gasteiger partial charge in [0.05, 0.1) is 12.1 Å². The molecule has 6 heteroatoms. The van der Waals surface area contributed by atoms with Gasteiger partial charge in [-0.15, -0.1) is 0 Å². The van der Waals surface area contributed by atoms with Gasteiger partial charge in [0.15, 0.2) is 0 Å². The van der Waals surface area contributed by atoms with E-state index in [0.29, 0.717) is 10.7 Å². The first-order valence-electron chi connectivity index (χ1n) is 7.25. The monoisotopic (exact) mass is 329 g/mol. The molecule has 0 aliphatic carbocycles. The summed E-state index contributed by atoms with van der Waals surface area (Å²) in [5.74, 6) is -0.544. The van der Waals surface area contributed by atoms with Crippen LogP contribution in [0.5, 0.6) is 0 Å². The number of benzene rings is 2. The Bertz CT molecular complexity index is 746. The van der Waals surface area contributed by atoms with E-state index in [4.69, 9.17) is 11.6 Å². The lowest BCUT2D eigenvalue weighted by Gasteiger charge is -2.16. The van der Waals surface area contributed by atoms with Crippen LogP contribution in [-0.2, 0) is 9.59 Å². The number of anilines is 2. The molecule has 2 aromatic rings. The zero-order valence-electron chi connectivity index (χ0n) is 12.5. The summed E-state index contributed by atoms with van der Waals surface area (Å²) in [6.45, 7) is 2.00. The third kappa shape index (κ3) is 3.36. The van der Waals surface area contributed by atoms with Gasteiger partial charge in [-0.25, -0.2) is 10.3 Å². The molecule has 23 heavy (non-hydrogen) atoms. The Hall–Kier alpha value is -2.37. The second-order valence-electron chi connectivity index (χ2n) is 5.44. The fourth-order valence-electron chi connectivity index (χ4n) is 2.44. The quantitative estimate of drug-likeness (QED) is 0.669. The number of imide groups is 1. The lowest BCUT2D eigenvalue weighted by atomic mass is 10.2. The van der Waals surface area contributed by atoms with Gasteiger partial charge in [-0.1, -0.05) is 35.4 Å². The van der Waals surface area contributed by atoms with Gasteiger partial charge in [-0.3, -0.25) is 9.59 Å². The van der Waals surface area contributed by atoms with E-state index in [-0.39, 0.29) is 18.2 Å². The van der Waals surface area contributed by atoms with Crippen LogP contribution in [0.3, 0.4) is 0 Å². The van der Waals surface area contributed by atoms with Gasteiger partial charge in [-0.05, 0) is 37.3 Å². The predicted molar refractivity (Wildman–Crippen MR) is 90.3 cm³/mol. The summed E-state index contributed by atoms with van der Waals surface area (Å²) in [5, 5.41) is 0.484.